The standard InChI is InChI=1S/C7H6FN3/c8-6-3-5(4-9)1-2-7(6)11-10/h1-3,11H,10H2. The first-order chi connectivity index (χ1) is 5.27. The lowest BCUT2D eigenvalue weighted by Gasteiger charge is -1.99. The summed E-state index contributed by atoms with van der Waals surface area (Å²) in [6, 6.07) is 5.83. The molecule has 1 rings (SSSR count). The number of anilines is 1. The first kappa shape index (κ1) is 7.51. The summed E-state index contributed by atoms with van der Waals surface area (Å²) in [6.45, 7) is 0. The number of rotatable bonds is 1. The third kappa shape index (κ3) is 1.45. The van der Waals surface area contributed by atoms with Crippen molar-refractivity contribution in [3.63, 3.8) is 0 Å². The molecule has 0 heterocycles. The number of hydrazine groups is 1. The number of nitrogens with two attached hydrogens (primary N) is 1. The number of benzene rings is 1. The van der Waals surface area contributed by atoms with Crippen LogP contribution in [0.1, 0.15) is 5.56 Å². The topological polar surface area (TPSA) is 61.8 Å². The Morgan fingerprint density at radius 1 is 1.55 bits per heavy atom. The van der Waals surface area contributed by atoms with Gasteiger partial charge >= 0.3 is 0 Å². The number of nitrogens with zero attached hydrogens (tertiary/aromatic N) is 1. The Bertz CT molecular complexity index is 303. The minimum absolute atomic E-state index is 0.184. The van der Waals surface area contributed by atoms with E-state index in [2.05, 4.69) is 5.43 Å². The van der Waals surface area contributed by atoms with Crippen molar-refractivity contribution in [2.24, 2.45) is 5.84 Å². The minimum Gasteiger partial charge on any atom is -0.321 e. The average molecular weight is 151 g/mol. The molecule has 0 radical (unpaired) electrons. The van der Waals surface area contributed by atoms with Crippen molar-refractivity contribution in [2.75, 3.05) is 5.43 Å². The highest BCUT2D eigenvalue weighted by molar-refractivity contribution is 5.47. The van der Waals surface area contributed by atoms with Gasteiger partial charge in [0, 0.05) is 0 Å². The highest BCUT2D eigenvalue weighted by Crippen LogP contribution is 2.13. The zero-order valence-corrected chi connectivity index (χ0v) is 5.63. The molecule has 3 nitrogen and oxygen atoms in total. The van der Waals surface area contributed by atoms with Crippen molar-refractivity contribution in [3.05, 3.63) is 29.6 Å². The van der Waals surface area contributed by atoms with Crippen LogP contribution in [0.3, 0.4) is 0 Å². The molecule has 56 valence electrons. The molecule has 0 aromatic heterocycles. The molecular weight excluding hydrogens is 145 g/mol. The lowest BCUT2D eigenvalue weighted by molar-refractivity contribution is 0.630. The number of halogens is 1. The average Bonchev–Trinajstić information content (AvgIpc) is 2.04. The van der Waals surface area contributed by atoms with E-state index in [9.17, 15) is 4.39 Å². The normalized spacial score (nSPS) is 8.82. The summed E-state index contributed by atoms with van der Waals surface area (Å²) in [5.41, 5.74) is 2.63. The van der Waals surface area contributed by atoms with E-state index in [4.69, 9.17) is 11.1 Å². The fraction of sp³-hybridized carbons (Fsp3) is 0. The largest absolute Gasteiger partial charge is 0.321 e. The molecule has 3 N–H and O–H groups in total. The summed E-state index contributed by atoms with van der Waals surface area (Å²) >= 11 is 0. The van der Waals surface area contributed by atoms with Crippen LogP contribution in [0.25, 0.3) is 0 Å². The summed E-state index contributed by atoms with van der Waals surface area (Å²) in [5, 5.41) is 8.36. The molecule has 0 atom stereocenters. The molecule has 11 heavy (non-hydrogen) atoms. The smallest absolute Gasteiger partial charge is 0.148 e. The van der Waals surface area contributed by atoms with Crippen LogP contribution in [-0.4, -0.2) is 0 Å². The van der Waals surface area contributed by atoms with Crippen molar-refractivity contribution in [1.29, 1.82) is 5.26 Å². The van der Waals surface area contributed by atoms with Gasteiger partial charge in [-0.2, -0.15) is 5.26 Å². The van der Waals surface area contributed by atoms with Crippen LogP contribution in [0.4, 0.5) is 10.1 Å². The third-order valence-electron chi connectivity index (χ3n) is 1.25. The number of hydrogen-bond acceptors (Lipinski definition) is 3. The number of nitriles is 1. The maximum Gasteiger partial charge on any atom is 0.148 e. The van der Waals surface area contributed by atoms with E-state index in [1.54, 1.807) is 0 Å². The van der Waals surface area contributed by atoms with Crippen LogP contribution < -0.4 is 11.3 Å². The van der Waals surface area contributed by atoms with Gasteiger partial charge in [-0.05, 0) is 18.2 Å². The van der Waals surface area contributed by atoms with Gasteiger partial charge in [0.1, 0.15) is 5.82 Å². The van der Waals surface area contributed by atoms with Crippen LogP contribution in [0.2, 0.25) is 0 Å². The highest BCUT2D eigenvalue weighted by Gasteiger charge is 1.99. The number of nitrogen functional groups attached to an aromatic ring is 1. The first-order valence-corrected chi connectivity index (χ1v) is 2.94. The maximum atomic E-state index is 12.7. The van der Waals surface area contributed by atoms with Crippen LogP contribution in [0.15, 0.2) is 18.2 Å². The Morgan fingerprint density at radius 3 is 2.73 bits per heavy atom. The van der Waals surface area contributed by atoms with Crippen LogP contribution >= 0.6 is 0 Å². The third-order valence-corrected chi connectivity index (χ3v) is 1.25. The number of nitrogens with one attached hydrogen (secondary N) is 1. The van der Waals surface area contributed by atoms with Crippen molar-refractivity contribution < 1.29 is 4.39 Å². The lowest BCUT2D eigenvalue weighted by atomic mass is 10.2. The lowest BCUT2D eigenvalue weighted by Crippen LogP contribution is -2.08. The van der Waals surface area contributed by atoms with E-state index in [0.29, 0.717) is 0 Å². The zero-order chi connectivity index (χ0) is 8.27. The van der Waals surface area contributed by atoms with Gasteiger partial charge in [0.15, 0.2) is 0 Å². The van der Waals surface area contributed by atoms with Gasteiger partial charge in [-0.25, -0.2) is 4.39 Å². The van der Waals surface area contributed by atoms with Crippen molar-refractivity contribution >= 4 is 5.69 Å². The van der Waals surface area contributed by atoms with E-state index < -0.39 is 5.82 Å². The molecule has 1 aromatic rings. The summed E-state index contributed by atoms with van der Waals surface area (Å²) in [5.74, 6) is 4.45. The van der Waals surface area contributed by atoms with Gasteiger partial charge in [-0.1, -0.05) is 0 Å². The Kier molecular flexibility index (Phi) is 2.04. The van der Waals surface area contributed by atoms with Crippen LogP contribution in [0, 0.1) is 17.1 Å². The second kappa shape index (κ2) is 2.99. The quantitative estimate of drug-likeness (QED) is 0.464. The Hall–Kier alpha value is -1.60. The molecule has 0 spiro atoms. The van der Waals surface area contributed by atoms with Gasteiger partial charge in [-0.15, -0.1) is 0 Å². The molecule has 4 heteroatoms. The van der Waals surface area contributed by atoms with Gasteiger partial charge in [0.05, 0.1) is 17.3 Å². The molecular formula is C7H6FN3. The van der Waals surface area contributed by atoms with Crippen molar-refractivity contribution in [3.8, 4) is 6.07 Å². The van der Waals surface area contributed by atoms with Crippen LogP contribution in [-0.2, 0) is 0 Å². The van der Waals surface area contributed by atoms with Gasteiger partial charge in [0.2, 0.25) is 0 Å². The monoisotopic (exact) mass is 151 g/mol. The van der Waals surface area contributed by atoms with Crippen LogP contribution in [0.5, 0.6) is 0 Å². The van der Waals surface area contributed by atoms with E-state index >= 15 is 0 Å². The molecule has 0 unspecified atom stereocenters. The summed E-state index contributed by atoms with van der Waals surface area (Å²) < 4.78 is 12.7. The molecule has 0 bridgehead atoms. The highest BCUT2D eigenvalue weighted by atomic mass is 19.1. The van der Waals surface area contributed by atoms with E-state index in [1.807, 2.05) is 6.07 Å². The number of hydrogen-bond donors (Lipinski definition) is 2. The maximum absolute atomic E-state index is 12.7. The fourth-order valence-corrected chi connectivity index (χ4v) is 0.702. The van der Waals surface area contributed by atoms with Crippen molar-refractivity contribution in [2.45, 2.75) is 0 Å². The summed E-state index contributed by atoms with van der Waals surface area (Å²) in [7, 11) is 0. The SMILES string of the molecule is N#Cc1ccc(NN)c(F)c1. The van der Waals surface area contributed by atoms with Gasteiger partial charge in [-0.3, -0.25) is 5.84 Å². The molecule has 0 amide bonds. The molecule has 1 aromatic carbocycles. The molecule has 0 aliphatic heterocycles. The summed E-state index contributed by atoms with van der Waals surface area (Å²) in [6.07, 6.45) is 0. The Balaban J connectivity index is 3.12. The second-order valence-electron chi connectivity index (χ2n) is 1.95. The summed E-state index contributed by atoms with van der Waals surface area (Å²) in [4.78, 5) is 0. The van der Waals surface area contributed by atoms with E-state index in [1.165, 1.54) is 12.1 Å². The Morgan fingerprint density at radius 2 is 2.27 bits per heavy atom. The zero-order valence-electron chi connectivity index (χ0n) is 5.63. The minimum atomic E-state index is -0.522. The van der Waals surface area contributed by atoms with E-state index in [0.717, 1.165) is 6.07 Å². The second-order valence-corrected chi connectivity index (χ2v) is 1.95. The van der Waals surface area contributed by atoms with Gasteiger partial charge in [0.25, 0.3) is 0 Å². The van der Waals surface area contributed by atoms with Gasteiger partial charge < -0.3 is 5.43 Å². The molecule has 0 aliphatic carbocycles. The van der Waals surface area contributed by atoms with E-state index in [-0.39, 0.29) is 11.3 Å². The molecule has 0 saturated carbocycles. The Labute approximate surface area is 63.2 Å². The first-order valence-electron chi connectivity index (χ1n) is 2.94. The van der Waals surface area contributed by atoms with Crippen molar-refractivity contribution in [1.82, 2.24) is 0 Å². The predicted octanol–water partition coefficient (Wildman–Crippen LogP) is 0.983. The molecule has 0 saturated heterocycles. The predicted molar refractivity (Wildman–Crippen MR) is 38.9 cm³/mol. The molecule has 0 aliphatic rings. The molecule has 0 fully saturated rings. The fourth-order valence-electron chi connectivity index (χ4n) is 0.702.